The Labute approximate surface area is 110 Å². The third kappa shape index (κ3) is 2.16. The molecule has 0 amide bonds. The molecule has 2 rings (SSSR count). The molecule has 0 aliphatic rings. The van der Waals surface area contributed by atoms with E-state index in [1.807, 2.05) is 19.2 Å². The van der Waals surface area contributed by atoms with Crippen LogP contribution in [0.5, 0.6) is 0 Å². The molecule has 4 nitrogen and oxygen atoms in total. The summed E-state index contributed by atoms with van der Waals surface area (Å²) < 4.78 is 3.44. The van der Waals surface area contributed by atoms with Crippen molar-refractivity contribution in [2.75, 3.05) is 0 Å². The summed E-state index contributed by atoms with van der Waals surface area (Å²) in [5.74, 6) is 5.59. The van der Waals surface area contributed by atoms with Crippen LogP contribution >= 0.6 is 38.9 Å². The molecule has 1 unspecified atom stereocenters. The van der Waals surface area contributed by atoms with Crippen molar-refractivity contribution in [3.05, 3.63) is 37.7 Å². The van der Waals surface area contributed by atoms with E-state index in [4.69, 9.17) is 17.4 Å². The van der Waals surface area contributed by atoms with Crippen LogP contribution < -0.4 is 11.3 Å². The summed E-state index contributed by atoms with van der Waals surface area (Å²) in [6, 6.07) is 3.70. The number of nitrogens with two attached hydrogens (primary N) is 1. The van der Waals surface area contributed by atoms with Crippen molar-refractivity contribution in [3.63, 3.8) is 0 Å². The number of nitrogens with zero attached hydrogens (tertiary/aromatic N) is 2. The van der Waals surface area contributed by atoms with Gasteiger partial charge in [-0.2, -0.15) is 5.10 Å². The molecule has 86 valence electrons. The molecule has 0 aliphatic heterocycles. The molecule has 0 radical (unpaired) electrons. The summed E-state index contributed by atoms with van der Waals surface area (Å²) in [5.41, 5.74) is 3.75. The molecule has 7 heteroatoms. The van der Waals surface area contributed by atoms with Crippen LogP contribution in [-0.2, 0) is 7.05 Å². The molecular formula is C9H10BrClN4S. The molecule has 0 fully saturated rings. The van der Waals surface area contributed by atoms with E-state index in [1.54, 1.807) is 10.9 Å². The molecule has 1 atom stereocenters. The van der Waals surface area contributed by atoms with E-state index in [1.165, 1.54) is 11.3 Å². The van der Waals surface area contributed by atoms with Gasteiger partial charge in [0.25, 0.3) is 0 Å². The minimum Gasteiger partial charge on any atom is -0.270 e. The molecule has 3 N–H and O–H groups in total. The average Bonchev–Trinajstić information content (AvgIpc) is 2.80. The van der Waals surface area contributed by atoms with E-state index in [0.29, 0.717) is 0 Å². The van der Waals surface area contributed by atoms with Gasteiger partial charge in [0.05, 0.1) is 26.7 Å². The van der Waals surface area contributed by atoms with Crippen LogP contribution in [0.4, 0.5) is 0 Å². The number of nitrogens with one attached hydrogen (secondary N) is 1. The zero-order chi connectivity index (χ0) is 11.7. The summed E-state index contributed by atoms with van der Waals surface area (Å²) in [7, 11) is 1.87. The molecule has 0 aliphatic carbocycles. The minimum absolute atomic E-state index is 0.112. The van der Waals surface area contributed by atoms with Crippen molar-refractivity contribution in [2.24, 2.45) is 12.9 Å². The Hall–Kier alpha value is -0.400. The van der Waals surface area contributed by atoms with Gasteiger partial charge in [-0.3, -0.25) is 10.5 Å². The summed E-state index contributed by atoms with van der Waals surface area (Å²) in [5, 5.41) is 4.16. The van der Waals surface area contributed by atoms with Gasteiger partial charge in [-0.25, -0.2) is 5.43 Å². The first-order valence-corrected chi connectivity index (χ1v) is 6.51. The van der Waals surface area contributed by atoms with Crippen molar-refractivity contribution in [3.8, 4) is 0 Å². The fraction of sp³-hybridized carbons (Fsp3) is 0.222. The van der Waals surface area contributed by atoms with Gasteiger partial charge in [0, 0.05) is 11.9 Å². The second kappa shape index (κ2) is 4.85. The topological polar surface area (TPSA) is 55.9 Å². The van der Waals surface area contributed by atoms with E-state index in [0.717, 1.165) is 19.4 Å². The van der Waals surface area contributed by atoms with Crippen molar-refractivity contribution < 1.29 is 0 Å². The molecule has 0 spiro atoms. The average molecular weight is 322 g/mol. The van der Waals surface area contributed by atoms with Gasteiger partial charge in [0.15, 0.2) is 0 Å². The van der Waals surface area contributed by atoms with Gasteiger partial charge in [-0.1, -0.05) is 11.6 Å². The standard InChI is InChI=1S/C9H10BrClN4S/c1-15-9(5(10)4-13-15)8(14-12)6-2-3-7(11)16-6/h2-4,8,14H,12H2,1H3. The Morgan fingerprint density at radius 3 is 2.81 bits per heavy atom. The number of thiophene rings is 1. The molecule has 16 heavy (non-hydrogen) atoms. The van der Waals surface area contributed by atoms with Crippen LogP contribution in [-0.4, -0.2) is 9.78 Å². The fourth-order valence-electron chi connectivity index (χ4n) is 1.52. The predicted molar refractivity (Wildman–Crippen MR) is 69.4 cm³/mol. The number of hydrazine groups is 1. The Balaban J connectivity index is 2.44. The molecule has 0 saturated heterocycles. The van der Waals surface area contributed by atoms with Gasteiger partial charge in [0.1, 0.15) is 0 Å². The number of aryl methyl sites for hydroxylation is 1. The smallest absolute Gasteiger partial charge is 0.0981 e. The SMILES string of the molecule is Cn1ncc(Br)c1C(NN)c1ccc(Cl)s1. The Bertz CT molecular complexity index is 476. The minimum atomic E-state index is -0.112. The monoisotopic (exact) mass is 320 g/mol. The normalized spacial score (nSPS) is 13.0. The molecule has 2 aromatic rings. The molecule has 2 heterocycles. The van der Waals surface area contributed by atoms with Crippen LogP contribution in [0.3, 0.4) is 0 Å². The molecule has 0 bridgehead atoms. The second-order valence-electron chi connectivity index (χ2n) is 3.24. The van der Waals surface area contributed by atoms with Gasteiger partial charge in [-0.15, -0.1) is 11.3 Å². The quantitative estimate of drug-likeness (QED) is 0.674. The van der Waals surface area contributed by atoms with Crippen LogP contribution in [0.2, 0.25) is 4.34 Å². The zero-order valence-electron chi connectivity index (χ0n) is 8.45. The summed E-state index contributed by atoms with van der Waals surface area (Å²) in [4.78, 5) is 1.05. The highest BCUT2D eigenvalue weighted by molar-refractivity contribution is 9.10. The van der Waals surface area contributed by atoms with Gasteiger partial charge >= 0.3 is 0 Å². The van der Waals surface area contributed by atoms with Crippen molar-refractivity contribution in [2.45, 2.75) is 6.04 Å². The highest BCUT2D eigenvalue weighted by Crippen LogP contribution is 2.33. The second-order valence-corrected chi connectivity index (χ2v) is 5.84. The summed E-state index contributed by atoms with van der Waals surface area (Å²) in [6.07, 6.45) is 1.74. The summed E-state index contributed by atoms with van der Waals surface area (Å²) in [6.45, 7) is 0. The number of hydrogen-bond acceptors (Lipinski definition) is 4. The van der Waals surface area contributed by atoms with E-state index >= 15 is 0 Å². The molecule has 0 saturated carbocycles. The first kappa shape index (κ1) is 12.1. The Morgan fingerprint density at radius 1 is 1.62 bits per heavy atom. The van der Waals surface area contributed by atoms with Crippen LogP contribution in [0.25, 0.3) is 0 Å². The number of aromatic nitrogens is 2. The first-order valence-electron chi connectivity index (χ1n) is 4.52. The Morgan fingerprint density at radius 2 is 2.38 bits per heavy atom. The zero-order valence-corrected chi connectivity index (χ0v) is 11.6. The first-order chi connectivity index (χ1) is 7.63. The van der Waals surface area contributed by atoms with E-state index in [2.05, 4.69) is 26.5 Å². The fourth-order valence-corrected chi connectivity index (χ4v) is 3.23. The maximum atomic E-state index is 5.92. The van der Waals surface area contributed by atoms with Crippen molar-refractivity contribution in [1.29, 1.82) is 0 Å². The van der Waals surface area contributed by atoms with Gasteiger partial charge < -0.3 is 0 Å². The molecule has 2 aromatic heterocycles. The van der Waals surface area contributed by atoms with E-state index in [-0.39, 0.29) is 6.04 Å². The number of rotatable bonds is 3. The van der Waals surface area contributed by atoms with Gasteiger partial charge in [-0.05, 0) is 28.1 Å². The lowest BCUT2D eigenvalue weighted by Crippen LogP contribution is -2.30. The maximum absolute atomic E-state index is 5.92. The van der Waals surface area contributed by atoms with Crippen LogP contribution in [0, 0.1) is 0 Å². The third-order valence-electron chi connectivity index (χ3n) is 2.26. The maximum Gasteiger partial charge on any atom is 0.0981 e. The van der Waals surface area contributed by atoms with Crippen LogP contribution in [0.15, 0.2) is 22.8 Å². The largest absolute Gasteiger partial charge is 0.270 e. The number of hydrogen-bond donors (Lipinski definition) is 2. The highest BCUT2D eigenvalue weighted by Gasteiger charge is 2.20. The van der Waals surface area contributed by atoms with Crippen molar-refractivity contribution in [1.82, 2.24) is 15.2 Å². The number of halogens is 2. The predicted octanol–water partition coefficient (Wildman–Crippen LogP) is 2.45. The highest BCUT2D eigenvalue weighted by atomic mass is 79.9. The lowest BCUT2D eigenvalue weighted by Gasteiger charge is -2.15. The third-order valence-corrected chi connectivity index (χ3v) is 4.16. The van der Waals surface area contributed by atoms with E-state index in [9.17, 15) is 0 Å². The lowest BCUT2D eigenvalue weighted by molar-refractivity contribution is 0.580. The molecule has 0 aromatic carbocycles. The lowest BCUT2D eigenvalue weighted by atomic mass is 10.2. The van der Waals surface area contributed by atoms with Gasteiger partial charge in [0.2, 0.25) is 0 Å². The summed E-state index contributed by atoms with van der Waals surface area (Å²) >= 11 is 10.9. The molecular weight excluding hydrogens is 312 g/mol. The van der Waals surface area contributed by atoms with Crippen molar-refractivity contribution >= 4 is 38.9 Å². The van der Waals surface area contributed by atoms with E-state index < -0.39 is 0 Å². The van der Waals surface area contributed by atoms with Crippen LogP contribution in [0.1, 0.15) is 16.6 Å². The Kier molecular flexibility index (Phi) is 3.66.